The first-order chi connectivity index (χ1) is 9.66. The van der Waals surface area contributed by atoms with E-state index in [1.807, 2.05) is 27.7 Å². The second-order valence-electron chi connectivity index (χ2n) is 6.33. The number of methoxy groups -OCH3 is 2. The van der Waals surface area contributed by atoms with Gasteiger partial charge in [0.2, 0.25) is 0 Å². The molecule has 0 unspecified atom stereocenters. The SMILES string of the molecule is COc1cc(OC)cc(C2N(O)C(C)(C)C(C)(C)N2O)c1. The molecule has 0 aromatic heterocycles. The summed E-state index contributed by atoms with van der Waals surface area (Å²) in [6.07, 6.45) is -0.695. The van der Waals surface area contributed by atoms with Gasteiger partial charge in [-0.1, -0.05) is 0 Å². The van der Waals surface area contributed by atoms with Crippen LogP contribution in [0.15, 0.2) is 18.2 Å². The van der Waals surface area contributed by atoms with Crippen LogP contribution in [0, 0.1) is 0 Å². The Bertz CT molecular complexity index is 488. The van der Waals surface area contributed by atoms with Crippen LogP contribution in [0.5, 0.6) is 11.5 Å². The van der Waals surface area contributed by atoms with Gasteiger partial charge in [-0.25, -0.2) is 0 Å². The maximum atomic E-state index is 10.6. The summed E-state index contributed by atoms with van der Waals surface area (Å²) in [5, 5.41) is 23.4. The molecule has 6 heteroatoms. The molecule has 0 radical (unpaired) electrons. The molecular formula is C15H24N2O4. The maximum absolute atomic E-state index is 10.6. The molecular weight excluding hydrogens is 272 g/mol. The molecule has 1 aromatic rings. The Labute approximate surface area is 125 Å². The van der Waals surface area contributed by atoms with E-state index in [2.05, 4.69) is 0 Å². The summed E-state index contributed by atoms with van der Waals surface area (Å²) in [6, 6.07) is 5.30. The predicted molar refractivity (Wildman–Crippen MR) is 77.7 cm³/mol. The van der Waals surface area contributed by atoms with E-state index in [0.717, 1.165) is 0 Å². The highest BCUT2D eigenvalue weighted by molar-refractivity contribution is 5.40. The fraction of sp³-hybridized carbons (Fsp3) is 0.600. The monoisotopic (exact) mass is 296 g/mol. The van der Waals surface area contributed by atoms with E-state index in [0.29, 0.717) is 17.1 Å². The first kappa shape index (κ1) is 16.0. The third kappa shape index (κ3) is 2.28. The molecule has 0 aliphatic carbocycles. The van der Waals surface area contributed by atoms with E-state index in [9.17, 15) is 10.4 Å². The number of hydrogen-bond donors (Lipinski definition) is 2. The Morgan fingerprint density at radius 1 is 0.857 bits per heavy atom. The summed E-state index contributed by atoms with van der Waals surface area (Å²) in [5.74, 6) is 1.21. The Morgan fingerprint density at radius 3 is 1.57 bits per heavy atom. The van der Waals surface area contributed by atoms with Gasteiger partial charge in [0, 0.05) is 6.07 Å². The quantitative estimate of drug-likeness (QED) is 0.894. The van der Waals surface area contributed by atoms with E-state index < -0.39 is 17.2 Å². The van der Waals surface area contributed by atoms with Crippen LogP contribution >= 0.6 is 0 Å². The zero-order valence-corrected chi connectivity index (χ0v) is 13.4. The Hall–Kier alpha value is -1.34. The minimum absolute atomic E-state index is 0.605. The summed E-state index contributed by atoms with van der Waals surface area (Å²) in [6.45, 7) is 7.53. The minimum Gasteiger partial charge on any atom is -0.497 e. The Kier molecular flexibility index (Phi) is 3.92. The molecule has 2 rings (SSSR count). The van der Waals surface area contributed by atoms with Crippen LogP contribution in [0.1, 0.15) is 39.4 Å². The lowest BCUT2D eigenvalue weighted by molar-refractivity contribution is -0.223. The lowest BCUT2D eigenvalue weighted by Gasteiger charge is -2.37. The summed E-state index contributed by atoms with van der Waals surface area (Å²) < 4.78 is 10.5. The molecule has 1 saturated heterocycles. The third-order valence-electron chi connectivity index (χ3n) is 4.78. The van der Waals surface area contributed by atoms with Crippen LogP contribution in [-0.4, -0.2) is 45.8 Å². The second-order valence-corrected chi connectivity index (χ2v) is 6.33. The molecule has 0 spiro atoms. The van der Waals surface area contributed by atoms with Crippen LogP contribution in [0.3, 0.4) is 0 Å². The van der Waals surface area contributed by atoms with Gasteiger partial charge in [-0.05, 0) is 45.4 Å². The summed E-state index contributed by atoms with van der Waals surface area (Å²) >= 11 is 0. The van der Waals surface area contributed by atoms with Crippen LogP contribution in [-0.2, 0) is 0 Å². The molecule has 0 saturated carbocycles. The molecule has 118 valence electrons. The maximum Gasteiger partial charge on any atom is 0.137 e. The van der Waals surface area contributed by atoms with Gasteiger partial charge in [-0.15, -0.1) is 0 Å². The van der Waals surface area contributed by atoms with Crippen molar-refractivity contribution in [3.63, 3.8) is 0 Å². The van der Waals surface area contributed by atoms with Crippen LogP contribution in [0.4, 0.5) is 0 Å². The first-order valence-corrected chi connectivity index (χ1v) is 6.86. The standard InChI is InChI=1S/C15H24N2O4/c1-14(2)15(3,4)17(19)13(16(14)18)10-7-11(20-5)9-12(8-10)21-6/h7-9,13,18-19H,1-6H3. The average molecular weight is 296 g/mol. The van der Waals surface area contributed by atoms with Gasteiger partial charge in [-0.2, -0.15) is 10.1 Å². The van der Waals surface area contributed by atoms with Crippen molar-refractivity contribution in [2.24, 2.45) is 0 Å². The molecule has 21 heavy (non-hydrogen) atoms. The fourth-order valence-electron chi connectivity index (χ4n) is 2.54. The van der Waals surface area contributed by atoms with Crippen LogP contribution in [0.25, 0.3) is 0 Å². The van der Waals surface area contributed by atoms with Crippen LogP contribution < -0.4 is 9.47 Å². The third-order valence-corrected chi connectivity index (χ3v) is 4.78. The highest BCUT2D eigenvalue weighted by Crippen LogP contribution is 2.48. The second kappa shape index (κ2) is 5.14. The molecule has 0 bridgehead atoms. The molecule has 6 nitrogen and oxygen atoms in total. The highest BCUT2D eigenvalue weighted by atomic mass is 16.6. The fourth-order valence-corrected chi connectivity index (χ4v) is 2.54. The average Bonchev–Trinajstić information content (AvgIpc) is 2.56. The lowest BCUT2D eigenvalue weighted by atomic mass is 9.84. The molecule has 1 aromatic carbocycles. The number of rotatable bonds is 3. The zero-order chi connectivity index (χ0) is 16.0. The van der Waals surface area contributed by atoms with Gasteiger partial charge in [0.25, 0.3) is 0 Å². The van der Waals surface area contributed by atoms with Gasteiger partial charge in [-0.3, -0.25) is 0 Å². The molecule has 1 aliphatic heterocycles. The molecule has 0 amide bonds. The lowest BCUT2D eigenvalue weighted by Crippen LogP contribution is -2.52. The van der Waals surface area contributed by atoms with Crippen molar-refractivity contribution in [3.05, 3.63) is 23.8 Å². The topological polar surface area (TPSA) is 65.4 Å². The van der Waals surface area contributed by atoms with Crippen molar-refractivity contribution >= 4 is 0 Å². The summed E-state index contributed by atoms with van der Waals surface area (Å²) in [5.41, 5.74) is -0.583. The van der Waals surface area contributed by atoms with Crippen LogP contribution in [0.2, 0.25) is 0 Å². The smallest absolute Gasteiger partial charge is 0.137 e. The van der Waals surface area contributed by atoms with Gasteiger partial charge >= 0.3 is 0 Å². The summed E-state index contributed by atoms with van der Waals surface area (Å²) in [4.78, 5) is 0. The van der Waals surface area contributed by atoms with Crippen molar-refractivity contribution in [1.82, 2.24) is 10.1 Å². The van der Waals surface area contributed by atoms with Crippen molar-refractivity contribution < 1.29 is 19.9 Å². The van der Waals surface area contributed by atoms with Gasteiger partial charge < -0.3 is 19.9 Å². The van der Waals surface area contributed by atoms with E-state index in [1.54, 1.807) is 32.4 Å². The van der Waals surface area contributed by atoms with E-state index in [4.69, 9.17) is 9.47 Å². The van der Waals surface area contributed by atoms with Crippen molar-refractivity contribution in [2.45, 2.75) is 44.9 Å². The van der Waals surface area contributed by atoms with Gasteiger partial charge in [0.15, 0.2) is 0 Å². The molecule has 2 N–H and O–H groups in total. The molecule has 1 fully saturated rings. The Balaban J connectivity index is 2.51. The predicted octanol–water partition coefficient (Wildman–Crippen LogP) is 2.66. The summed E-state index contributed by atoms with van der Waals surface area (Å²) in [7, 11) is 3.13. The zero-order valence-electron chi connectivity index (χ0n) is 13.4. The van der Waals surface area contributed by atoms with Crippen molar-refractivity contribution in [3.8, 4) is 11.5 Å². The normalized spacial score (nSPS) is 22.5. The molecule has 1 aliphatic rings. The first-order valence-electron chi connectivity index (χ1n) is 6.86. The largest absolute Gasteiger partial charge is 0.497 e. The number of ether oxygens (including phenoxy) is 2. The van der Waals surface area contributed by atoms with Crippen molar-refractivity contribution in [1.29, 1.82) is 0 Å². The number of nitrogens with zero attached hydrogens (tertiary/aromatic N) is 2. The number of hydroxylamine groups is 4. The molecule has 1 heterocycles. The minimum atomic E-state index is -0.695. The van der Waals surface area contributed by atoms with Gasteiger partial charge in [0.05, 0.1) is 25.3 Å². The van der Waals surface area contributed by atoms with E-state index in [-0.39, 0.29) is 0 Å². The Morgan fingerprint density at radius 2 is 1.24 bits per heavy atom. The van der Waals surface area contributed by atoms with Crippen molar-refractivity contribution in [2.75, 3.05) is 14.2 Å². The van der Waals surface area contributed by atoms with E-state index >= 15 is 0 Å². The number of benzene rings is 1. The number of hydrogen-bond acceptors (Lipinski definition) is 6. The molecule has 0 atom stereocenters. The highest BCUT2D eigenvalue weighted by Gasteiger charge is 2.58. The van der Waals surface area contributed by atoms with E-state index in [1.165, 1.54) is 10.1 Å². The van der Waals surface area contributed by atoms with Gasteiger partial charge in [0.1, 0.15) is 17.7 Å².